The number of benzene rings is 1. The van der Waals surface area contributed by atoms with E-state index < -0.39 is 10.0 Å². The summed E-state index contributed by atoms with van der Waals surface area (Å²) in [6.07, 6.45) is 3.65. The molecule has 1 aliphatic rings. The number of rotatable bonds is 4. The molecule has 3 N–H and O–H groups in total. The standard InChI is InChI=1S/C15H24N2O2S/c1-11-6-7-14(8-12(11)2)17-10-13-4-3-5-15(9-13)20(16,18)19/h3-5,9,11-12,14,17H,6-8,10H2,1-2H3,(H2,16,18,19). The number of hydrogen-bond donors (Lipinski definition) is 2. The molecule has 4 nitrogen and oxygen atoms in total. The maximum Gasteiger partial charge on any atom is 0.238 e. The fourth-order valence-corrected chi connectivity index (χ4v) is 3.41. The molecule has 0 aliphatic heterocycles. The second-order valence-electron chi connectivity index (χ2n) is 6.04. The molecule has 0 saturated heterocycles. The Morgan fingerprint density at radius 1 is 1.25 bits per heavy atom. The number of nitrogens with two attached hydrogens (primary N) is 1. The van der Waals surface area contributed by atoms with Gasteiger partial charge in [0.1, 0.15) is 0 Å². The lowest BCUT2D eigenvalue weighted by Crippen LogP contribution is -2.35. The molecule has 112 valence electrons. The predicted octanol–water partition coefficient (Wildman–Crippen LogP) is 2.25. The molecule has 0 aromatic heterocycles. The van der Waals surface area contributed by atoms with E-state index in [1.165, 1.54) is 25.3 Å². The van der Waals surface area contributed by atoms with Crippen molar-refractivity contribution < 1.29 is 8.42 Å². The first kappa shape index (κ1) is 15.5. The molecular weight excluding hydrogens is 272 g/mol. The van der Waals surface area contributed by atoms with E-state index in [0.29, 0.717) is 12.6 Å². The second-order valence-corrected chi connectivity index (χ2v) is 7.60. The van der Waals surface area contributed by atoms with E-state index in [1.54, 1.807) is 12.1 Å². The topological polar surface area (TPSA) is 72.2 Å². The average Bonchev–Trinajstić information content (AvgIpc) is 2.39. The maximum atomic E-state index is 11.3. The fourth-order valence-electron chi connectivity index (χ4n) is 2.83. The molecule has 1 aromatic rings. The summed E-state index contributed by atoms with van der Waals surface area (Å²) < 4.78 is 22.7. The first-order chi connectivity index (χ1) is 9.36. The highest BCUT2D eigenvalue weighted by Crippen LogP contribution is 2.29. The summed E-state index contributed by atoms with van der Waals surface area (Å²) in [6.45, 7) is 5.31. The van der Waals surface area contributed by atoms with Gasteiger partial charge >= 0.3 is 0 Å². The Balaban J connectivity index is 1.95. The molecule has 0 amide bonds. The van der Waals surface area contributed by atoms with E-state index in [2.05, 4.69) is 19.2 Å². The highest BCUT2D eigenvalue weighted by Gasteiger charge is 2.23. The van der Waals surface area contributed by atoms with Crippen molar-refractivity contribution in [2.75, 3.05) is 0 Å². The van der Waals surface area contributed by atoms with Gasteiger partial charge in [0.15, 0.2) is 0 Å². The van der Waals surface area contributed by atoms with Gasteiger partial charge in [-0.3, -0.25) is 0 Å². The van der Waals surface area contributed by atoms with Gasteiger partial charge in [-0.2, -0.15) is 0 Å². The van der Waals surface area contributed by atoms with E-state index in [9.17, 15) is 8.42 Å². The summed E-state index contributed by atoms with van der Waals surface area (Å²) >= 11 is 0. The highest BCUT2D eigenvalue weighted by atomic mass is 32.2. The van der Waals surface area contributed by atoms with Gasteiger partial charge in [0.05, 0.1) is 4.90 Å². The van der Waals surface area contributed by atoms with Crippen molar-refractivity contribution >= 4 is 10.0 Å². The molecule has 1 saturated carbocycles. The van der Waals surface area contributed by atoms with Crippen LogP contribution in [0.3, 0.4) is 0 Å². The molecule has 0 bridgehead atoms. The second kappa shape index (κ2) is 6.24. The monoisotopic (exact) mass is 296 g/mol. The third-order valence-corrected chi connectivity index (χ3v) is 5.33. The number of nitrogens with one attached hydrogen (secondary N) is 1. The van der Waals surface area contributed by atoms with Crippen LogP contribution in [0.5, 0.6) is 0 Å². The molecule has 1 fully saturated rings. The van der Waals surface area contributed by atoms with Crippen LogP contribution in [-0.2, 0) is 16.6 Å². The zero-order valence-corrected chi connectivity index (χ0v) is 13.0. The summed E-state index contributed by atoms with van der Waals surface area (Å²) in [5, 5.41) is 8.68. The van der Waals surface area contributed by atoms with Crippen molar-refractivity contribution in [1.82, 2.24) is 5.32 Å². The Morgan fingerprint density at radius 3 is 2.65 bits per heavy atom. The Hall–Kier alpha value is -0.910. The van der Waals surface area contributed by atoms with Crippen LogP contribution < -0.4 is 10.5 Å². The molecule has 3 atom stereocenters. The first-order valence-electron chi connectivity index (χ1n) is 7.21. The summed E-state index contributed by atoms with van der Waals surface area (Å²) in [4.78, 5) is 0.183. The number of hydrogen-bond acceptors (Lipinski definition) is 3. The molecule has 20 heavy (non-hydrogen) atoms. The molecule has 3 unspecified atom stereocenters. The van der Waals surface area contributed by atoms with Gasteiger partial charge < -0.3 is 5.32 Å². The van der Waals surface area contributed by atoms with Crippen molar-refractivity contribution in [2.24, 2.45) is 17.0 Å². The van der Waals surface area contributed by atoms with Gasteiger partial charge in [-0.25, -0.2) is 13.6 Å². The smallest absolute Gasteiger partial charge is 0.238 e. The summed E-state index contributed by atoms with van der Waals surface area (Å²) in [5.74, 6) is 1.55. The minimum atomic E-state index is -3.61. The molecule has 2 rings (SSSR count). The molecule has 1 aliphatic carbocycles. The zero-order chi connectivity index (χ0) is 14.8. The zero-order valence-electron chi connectivity index (χ0n) is 12.2. The van der Waals surface area contributed by atoms with E-state index in [4.69, 9.17) is 5.14 Å². The van der Waals surface area contributed by atoms with Gasteiger partial charge in [-0.1, -0.05) is 26.0 Å². The van der Waals surface area contributed by atoms with Gasteiger partial charge in [0.2, 0.25) is 10.0 Å². The van der Waals surface area contributed by atoms with Crippen LogP contribution in [0.15, 0.2) is 29.2 Å². The van der Waals surface area contributed by atoms with Gasteiger partial charge in [0.25, 0.3) is 0 Å². The lowest BCUT2D eigenvalue weighted by Gasteiger charge is -2.32. The van der Waals surface area contributed by atoms with Crippen LogP contribution in [0.4, 0.5) is 0 Å². The van der Waals surface area contributed by atoms with Crippen LogP contribution in [0.1, 0.15) is 38.7 Å². The minimum absolute atomic E-state index is 0.183. The average molecular weight is 296 g/mol. The lowest BCUT2D eigenvalue weighted by atomic mass is 9.79. The number of primary sulfonamides is 1. The Morgan fingerprint density at radius 2 is 2.00 bits per heavy atom. The van der Waals surface area contributed by atoms with Gasteiger partial charge in [-0.05, 0) is 48.8 Å². The quantitative estimate of drug-likeness (QED) is 0.895. The first-order valence-corrected chi connectivity index (χ1v) is 8.76. The van der Waals surface area contributed by atoms with E-state index in [-0.39, 0.29) is 4.90 Å². The van der Waals surface area contributed by atoms with E-state index >= 15 is 0 Å². The summed E-state index contributed by atoms with van der Waals surface area (Å²) in [6, 6.07) is 7.37. The predicted molar refractivity (Wildman–Crippen MR) is 80.6 cm³/mol. The normalized spacial score (nSPS) is 27.4. The minimum Gasteiger partial charge on any atom is -0.310 e. The van der Waals surface area contributed by atoms with Crippen LogP contribution in [0.25, 0.3) is 0 Å². The summed E-state index contributed by atoms with van der Waals surface area (Å²) in [5.41, 5.74) is 0.961. The van der Waals surface area contributed by atoms with Crippen LogP contribution in [-0.4, -0.2) is 14.5 Å². The molecule has 0 heterocycles. The Labute approximate surface area is 121 Å². The van der Waals surface area contributed by atoms with Crippen molar-refractivity contribution in [3.05, 3.63) is 29.8 Å². The van der Waals surface area contributed by atoms with E-state index in [0.717, 1.165) is 17.4 Å². The molecular formula is C15H24N2O2S. The van der Waals surface area contributed by atoms with Crippen LogP contribution in [0.2, 0.25) is 0 Å². The third kappa shape index (κ3) is 4.04. The lowest BCUT2D eigenvalue weighted by molar-refractivity contribution is 0.225. The summed E-state index contributed by atoms with van der Waals surface area (Å²) in [7, 11) is -3.61. The van der Waals surface area contributed by atoms with E-state index in [1.807, 2.05) is 6.07 Å². The van der Waals surface area contributed by atoms with Gasteiger partial charge in [-0.15, -0.1) is 0 Å². The molecule has 0 radical (unpaired) electrons. The fraction of sp³-hybridized carbons (Fsp3) is 0.600. The SMILES string of the molecule is CC1CCC(NCc2cccc(S(N)(=O)=O)c2)CC1C. The van der Waals surface area contributed by atoms with Crippen molar-refractivity contribution in [3.63, 3.8) is 0 Å². The number of sulfonamides is 1. The van der Waals surface area contributed by atoms with Crippen LogP contribution >= 0.6 is 0 Å². The molecule has 1 aromatic carbocycles. The highest BCUT2D eigenvalue weighted by molar-refractivity contribution is 7.89. The van der Waals surface area contributed by atoms with Crippen LogP contribution in [0, 0.1) is 11.8 Å². The van der Waals surface area contributed by atoms with Crippen molar-refractivity contribution in [3.8, 4) is 0 Å². The molecule has 5 heteroatoms. The van der Waals surface area contributed by atoms with Gasteiger partial charge in [0, 0.05) is 12.6 Å². The Kier molecular flexibility index (Phi) is 4.83. The molecule has 0 spiro atoms. The Bertz CT molecular complexity index is 557. The maximum absolute atomic E-state index is 11.3. The van der Waals surface area contributed by atoms with Crippen molar-refractivity contribution in [2.45, 2.75) is 50.6 Å². The third-order valence-electron chi connectivity index (χ3n) is 4.42. The van der Waals surface area contributed by atoms with Crippen molar-refractivity contribution in [1.29, 1.82) is 0 Å². The largest absolute Gasteiger partial charge is 0.310 e.